The molecule has 186 valence electrons. The fraction of sp³-hybridized carbons (Fsp3) is 0.250. The first-order valence-corrected chi connectivity index (χ1v) is 11.5. The maximum Gasteiger partial charge on any atom is 0.257 e. The number of methoxy groups -OCH3 is 3. The zero-order valence-electron chi connectivity index (χ0n) is 20.5. The van der Waals surface area contributed by atoms with Crippen LogP contribution in [-0.2, 0) is 16.0 Å². The Balaban J connectivity index is 1.61. The van der Waals surface area contributed by atoms with Crippen molar-refractivity contribution in [2.45, 2.75) is 18.9 Å². The van der Waals surface area contributed by atoms with Crippen LogP contribution in [0.2, 0.25) is 0 Å². The summed E-state index contributed by atoms with van der Waals surface area (Å²) in [6.45, 7) is 0.239. The molecule has 4 rings (SSSR count). The van der Waals surface area contributed by atoms with E-state index in [2.05, 4.69) is 0 Å². The lowest BCUT2D eigenvalue weighted by atomic mass is 10.1. The van der Waals surface area contributed by atoms with Crippen molar-refractivity contribution in [1.82, 2.24) is 4.90 Å². The van der Waals surface area contributed by atoms with E-state index in [1.165, 1.54) is 4.90 Å². The molecule has 0 spiro atoms. The molecule has 8 heteroatoms. The number of carbonyl (C=O) groups is 3. The maximum absolute atomic E-state index is 13.5. The Morgan fingerprint density at radius 2 is 1.58 bits per heavy atom. The topological polar surface area (TPSA) is 85.4 Å². The van der Waals surface area contributed by atoms with E-state index < -0.39 is 11.9 Å². The molecular weight excluding hydrogens is 460 g/mol. The summed E-state index contributed by atoms with van der Waals surface area (Å²) in [4.78, 5) is 42.6. The molecule has 36 heavy (non-hydrogen) atoms. The van der Waals surface area contributed by atoms with Gasteiger partial charge in [0.05, 0.1) is 33.4 Å². The fourth-order valence-electron chi connectivity index (χ4n) is 4.29. The number of rotatable bonds is 9. The average Bonchev–Trinajstić information content (AvgIpc) is 3.22. The van der Waals surface area contributed by atoms with E-state index in [-0.39, 0.29) is 24.8 Å². The van der Waals surface area contributed by atoms with Gasteiger partial charge in [-0.25, -0.2) is 4.90 Å². The van der Waals surface area contributed by atoms with Crippen LogP contribution in [0.4, 0.5) is 5.69 Å². The summed E-state index contributed by atoms with van der Waals surface area (Å²) in [5.41, 5.74) is 1.80. The van der Waals surface area contributed by atoms with E-state index in [1.807, 2.05) is 18.2 Å². The normalized spacial score (nSPS) is 15.1. The van der Waals surface area contributed by atoms with Gasteiger partial charge in [0.1, 0.15) is 11.8 Å². The zero-order valence-corrected chi connectivity index (χ0v) is 20.5. The molecule has 3 aromatic carbocycles. The highest BCUT2D eigenvalue weighted by Crippen LogP contribution is 2.30. The van der Waals surface area contributed by atoms with Gasteiger partial charge in [-0.15, -0.1) is 0 Å². The van der Waals surface area contributed by atoms with Gasteiger partial charge in [0.25, 0.3) is 11.8 Å². The minimum absolute atomic E-state index is 0.0879. The molecule has 0 saturated carbocycles. The smallest absolute Gasteiger partial charge is 0.257 e. The molecule has 1 aliphatic rings. The molecule has 1 aliphatic heterocycles. The number of amides is 3. The molecule has 0 aliphatic carbocycles. The van der Waals surface area contributed by atoms with Crippen LogP contribution in [0.15, 0.2) is 72.8 Å². The summed E-state index contributed by atoms with van der Waals surface area (Å²) in [5, 5.41) is 0. The van der Waals surface area contributed by atoms with E-state index in [1.54, 1.807) is 75.9 Å². The van der Waals surface area contributed by atoms with Crippen LogP contribution in [0, 0.1) is 0 Å². The van der Waals surface area contributed by atoms with Crippen LogP contribution in [0.5, 0.6) is 17.2 Å². The molecule has 3 aromatic rings. The van der Waals surface area contributed by atoms with Crippen molar-refractivity contribution in [3.05, 3.63) is 83.9 Å². The minimum atomic E-state index is -0.910. The molecule has 0 bridgehead atoms. The molecule has 3 amide bonds. The van der Waals surface area contributed by atoms with E-state index >= 15 is 0 Å². The minimum Gasteiger partial charge on any atom is -0.497 e. The summed E-state index contributed by atoms with van der Waals surface area (Å²) in [5.74, 6) is 0.705. The molecule has 1 saturated heterocycles. The second-order valence-electron chi connectivity index (χ2n) is 8.29. The Morgan fingerprint density at radius 3 is 2.22 bits per heavy atom. The highest BCUT2D eigenvalue weighted by atomic mass is 16.5. The van der Waals surface area contributed by atoms with Crippen molar-refractivity contribution in [3.8, 4) is 17.2 Å². The number of ether oxygens (including phenoxy) is 3. The van der Waals surface area contributed by atoms with E-state index in [4.69, 9.17) is 14.2 Å². The Labute approximate surface area is 210 Å². The first kappa shape index (κ1) is 24.8. The van der Waals surface area contributed by atoms with E-state index in [0.717, 1.165) is 10.5 Å². The predicted molar refractivity (Wildman–Crippen MR) is 135 cm³/mol. The van der Waals surface area contributed by atoms with E-state index in [0.29, 0.717) is 34.9 Å². The van der Waals surface area contributed by atoms with Crippen LogP contribution in [0.25, 0.3) is 0 Å². The number of imide groups is 1. The summed E-state index contributed by atoms with van der Waals surface area (Å²) in [6, 6.07) is 20.1. The van der Waals surface area contributed by atoms with Gasteiger partial charge in [0.15, 0.2) is 11.5 Å². The highest BCUT2D eigenvalue weighted by molar-refractivity contribution is 6.23. The Hall–Kier alpha value is -4.33. The lowest BCUT2D eigenvalue weighted by molar-refractivity contribution is -0.122. The molecule has 0 N–H and O–H groups in total. The molecule has 1 fully saturated rings. The quantitative estimate of drug-likeness (QED) is 0.427. The van der Waals surface area contributed by atoms with Gasteiger partial charge in [-0.3, -0.25) is 14.4 Å². The average molecular weight is 489 g/mol. The molecule has 1 heterocycles. The molecule has 8 nitrogen and oxygen atoms in total. The van der Waals surface area contributed by atoms with Crippen LogP contribution >= 0.6 is 0 Å². The van der Waals surface area contributed by atoms with Gasteiger partial charge in [-0.1, -0.05) is 24.3 Å². The Bertz CT molecular complexity index is 1240. The Morgan fingerprint density at radius 1 is 0.889 bits per heavy atom. The monoisotopic (exact) mass is 488 g/mol. The number of hydrogen-bond acceptors (Lipinski definition) is 6. The van der Waals surface area contributed by atoms with Crippen molar-refractivity contribution in [2.75, 3.05) is 32.8 Å². The highest BCUT2D eigenvalue weighted by Gasteiger charge is 2.44. The number of carbonyl (C=O) groups excluding carboxylic acids is 3. The molecule has 0 aromatic heterocycles. The molecule has 1 atom stereocenters. The van der Waals surface area contributed by atoms with E-state index in [9.17, 15) is 14.4 Å². The third-order valence-electron chi connectivity index (χ3n) is 6.20. The second kappa shape index (κ2) is 10.9. The van der Waals surface area contributed by atoms with Gasteiger partial charge in [0, 0.05) is 12.1 Å². The molecule has 0 radical (unpaired) electrons. The third kappa shape index (κ3) is 5.02. The maximum atomic E-state index is 13.5. The van der Waals surface area contributed by atoms with Crippen molar-refractivity contribution in [1.29, 1.82) is 0 Å². The predicted octanol–water partition coefficient (Wildman–Crippen LogP) is 3.73. The van der Waals surface area contributed by atoms with Gasteiger partial charge in [-0.2, -0.15) is 0 Å². The van der Waals surface area contributed by atoms with Crippen molar-refractivity contribution < 1.29 is 28.6 Å². The largest absolute Gasteiger partial charge is 0.497 e. The summed E-state index contributed by atoms with van der Waals surface area (Å²) < 4.78 is 15.9. The van der Waals surface area contributed by atoms with Crippen LogP contribution in [0.3, 0.4) is 0 Å². The standard InChI is InChI=1S/C28H28N2O6/c1-34-22-12-10-21(11-13-22)30-26(31)18-23(28(30)33)29(27(32)20-7-5-4-6-8-20)16-15-19-9-14-24(35-2)25(17-19)36-3/h4-14,17,23H,15-16,18H2,1-3H3/t23-/m1/s1. The fourth-order valence-corrected chi connectivity index (χ4v) is 4.29. The van der Waals surface area contributed by atoms with Gasteiger partial charge >= 0.3 is 0 Å². The van der Waals surface area contributed by atoms with Gasteiger partial charge in [-0.05, 0) is 60.5 Å². The van der Waals surface area contributed by atoms with Crippen LogP contribution < -0.4 is 19.1 Å². The molecule has 0 unspecified atom stereocenters. The van der Waals surface area contributed by atoms with Gasteiger partial charge in [0.2, 0.25) is 5.91 Å². The summed E-state index contributed by atoms with van der Waals surface area (Å²) in [7, 11) is 4.67. The SMILES string of the molecule is COc1ccc(N2C(=O)C[C@@H](N(CCc3ccc(OC)c(OC)c3)C(=O)c3ccccc3)C2=O)cc1. The summed E-state index contributed by atoms with van der Waals surface area (Å²) >= 11 is 0. The van der Waals surface area contributed by atoms with Crippen molar-refractivity contribution >= 4 is 23.4 Å². The van der Waals surface area contributed by atoms with Crippen LogP contribution in [-0.4, -0.2) is 56.5 Å². The van der Waals surface area contributed by atoms with Crippen molar-refractivity contribution in [2.24, 2.45) is 0 Å². The first-order chi connectivity index (χ1) is 17.5. The molecular formula is C28H28N2O6. The first-order valence-electron chi connectivity index (χ1n) is 11.5. The second-order valence-corrected chi connectivity index (χ2v) is 8.29. The number of anilines is 1. The zero-order chi connectivity index (χ0) is 25.7. The number of benzene rings is 3. The number of nitrogens with zero attached hydrogens (tertiary/aromatic N) is 2. The number of hydrogen-bond donors (Lipinski definition) is 0. The van der Waals surface area contributed by atoms with Crippen LogP contribution in [0.1, 0.15) is 22.3 Å². The lowest BCUT2D eigenvalue weighted by Gasteiger charge is -2.28. The lowest BCUT2D eigenvalue weighted by Crippen LogP contribution is -2.46. The third-order valence-corrected chi connectivity index (χ3v) is 6.20. The summed E-state index contributed by atoms with van der Waals surface area (Å²) in [6.07, 6.45) is 0.370. The Kier molecular flexibility index (Phi) is 7.53. The van der Waals surface area contributed by atoms with Gasteiger partial charge < -0.3 is 19.1 Å². The van der Waals surface area contributed by atoms with Crippen molar-refractivity contribution in [3.63, 3.8) is 0 Å².